The Hall–Kier alpha value is -3.90. The summed E-state index contributed by atoms with van der Waals surface area (Å²) >= 11 is 0. The molecular weight excluding hydrogens is 613 g/mol. The minimum Gasteiger partial charge on any atom is -0.444 e. The van der Waals surface area contributed by atoms with E-state index in [0.717, 1.165) is 23.8 Å². The zero-order chi connectivity index (χ0) is 34.5. The highest BCUT2D eigenvalue weighted by atomic mass is 19.1. The van der Waals surface area contributed by atoms with Crippen LogP contribution in [0.5, 0.6) is 0 Å². The number of halogens is 3. The number of carbonyl (C=O) groups is 2. The Kier molecular flexibility index (Phi) is 11.4. The van der Waals surface area contributed by atoms with E-state index >= 15 is 8.78 Å². The molecule has 2 amide bonds. The van der Waals surface area contributed by atoms with Crippen molar-refractivity contribution in [3.8, 4) is 11.3 Å². The number of carbonyl (C=O) groups excluding carboxylic acids is 2. The maximum Gasteiger partial charge on any atom is 0.410 e. The molecule has 9 nitrogen and oxygen atoms in total. The van der Waals surface area contributed by atoms with E-state index in [1.54, 1.807) is 31.5 Å². The summed E-state index contributed by atoms with van der Waals surface area (Å²) < 4.78 is 57.6. The summed E-state index contributed by atoms with van der Waals surface area (Å²) in [7, 11) is 1.38. The lowest BCUT2D eigenvalue weighted by atomic mass is 9.79. The molecule has 1 aliphatic rings. The second-order valence-electron chi connectivity index (χ2n) is 13.7. The molecule has 1 fully saturated rings. The number of amides is 2. The van der Waals surface area contributed by atoms with Crippen molar-refractivity contribution in [2.24, 2.45) is 11.3 Å². The fraction of sp³-hybridized carbons (Fsp3) is 0.514. The molecule has 2 heterocycles. The molecule has 0 bridgehead atoms. The lowest BCUT2D eigenvalue weighted by molar-refractivity contribution is -0.142. The van der Waals surface area contributed by atoms with Crippen LogP contribution in [0, 0.1) is 23.0 Å². The molecule has 3 aromatic rings. The molecular formula is C35H45F3N4O5. The van der Waals surface area contributed by atoms with Gasteiger partial charge < -0.3 is 28.9 Å². The van der Waals surface area contributed by atoms with E-state index in [4.69, 9.17) is 14.5 Å². The lowest BCUT2D eigenvalue weighted by Crippen LogP contribution is -2.48. The predicted octanol–water partition coefficient (Wildman–Crippen LogP) is 6.01. The Bertz CT molecular complexity index is 1530. The zero-order valence-corrected chi connectivity index (χ0v) is 27.9. The van der Waals surface area contributed by atoms with Crippen LogP contribution in [-0.2, 0) is 20.8 Å². The summed E-state index contributed by atoms with van der Waals surface area (Å²) in [5.41, 5.74) is -0.643. The smallest absolute Gasteiger partial charge is 0.410 e. The number of alkyl halides is 1. The van der Waals surface area contributed by atoms with Gasteiger partial charge in [0.25, 0.3) is 0 Å². The van der Waals surface area contributed by atoms with Crippen molar-refractivity contribution < 1.29 is 37.3 Å². The number of rotatable bonds is 12. The molecule has 47 heavy (non-hydrogen) atoms. The Morgan fingerprint density at radius 2 is 1.79 bits per heavy atom. The van der Waals surface area contributed by atoms with E-state index < -0.39 is 52.8 Å². The molecule has 1 aliphatic heterocycles. The van der Waals surface area contributed by atoms with Gasteiger partial charge in [-0.3, -0.25) is 4.79 Å². The van der Waals surface area contributed by atoms with Gasteiger partial charge in [0.05, 0.1) is 18.3 Å². The number of ether oxygens (including phenoxy) is 2. The first kappa shape index (κ1) is 35.9. The van der Waals surface area contributed by atoms with Crippen LogP contribution >= 0.6 is 0 Å². The molecule has 0 spiro atoms. The van der Waals surface area contributed by atoms with Crippen LogP contribution < -0.4 is 0 Å². The van der Waals surface area contributed by atoms with E-state index in [2.05, 4.69) is 0 Å². The molecule has 3 atom stereocenters. The molecule has 1 N–H and O–H groups in total. The van der Waals surface area contributed by atoms with Gasteiger partial charge in [-0.15, -0.1) is 0 Å². The fourth-order valence-electron chi connectivity index (χ4n) is 6.00. The molecule has 1 saturated heterocycles. The van der Waals surface area contributed by atoms with Crippen LogP contribution in [0.2, 0.25) is 0 Å². The monoisotopic (exact) mass is 658 g/mol. The summed E-state index contributed by atoms with van der Waals surface area (Å²) in [6, 6.07) is 11.7. The van der Waals surface area contributed by atoms with E-state index in [-0.39, 0.29) is 57.1 Å². The highest BCUT2D eigenvalue weighted by molar-refractivity contribution is 5.78. The standard InChI is InChI=1S/C35H45F3N4O5/c1-34(2,3)47-33(45)41-18-24(28(38)20-41)19-42(30(44)22-46-6)31(35(4,5)14-15-43)32-39-29(26-16-25(36)12-13-27(26)37)21-40(32)17-23-10-8-7-9-11-23/h7-13,16,21,24,28,31,43H,14-15,17-20,22H2,1-6H3/t24-,28-,31-/m0/s1. The van der Waals surface area contributed by atoms with E-state index in [0.29, 0.717) is 5.82 Å². The third kappa shape index (κ3) is 8.92. The molecule has 256 valence electrons. The first-order chi connectivity index (χ1) is 22.1. The summed E-state index contributed by atoms with van der Waals surface area (Å²) in [6.07, 6.45) is -0.263. The van der Waals surface area contributed by atoms with Crippen molar-refractivity contribution in [3.05, 3.63) is 77.8 Å². The molecule has 2 aromatic carbocycles. The van der Waals surface area contributed by atoms with E-state index in [1.807, 2.05) is 44.2 Å². The molecule has 1 aromatic heterocycles. The molecule has 12 heteroatoms. The van der Waals surface area contributed by atoms with Crippen LogP contribution in [0.3, 0.4) is 0 Å². The van der Waals surface area contributed by atoms with Gasteiger partial charge in [-0.05, 0) is 56.4 Å². The fourth-order valence-corrected chi connectivity index (χ4v) is 6.00. The highest BCUT2D eigenvalue weighted by Crippen LogP contribution is 2.43. The topological polar surface area (TPSA) is 97.1 Å². The normalized spacial score (nSPS) is 17.5. The largest absolute Gasteiger partial charge is 0.444 e. The number of aliphatic hydroxyl groups excluding tert-OH is 1. The Labute approximate surface area is 274 Å². The number of benzene rings is 2. The van der Waals surface area contributed by atoms with Crippen LogP contribution in [0.1, 0.15) is 58.5 Å². The van der Waals surface area contributed by atoms with Gasteiger partial charge in [0.15, 0.2) is 0 Å². The predicted molar refractivity (Wildman–Crippen MR) is 171 cm³/mol. The number of aliphatic hydroxyl groups is 1. The third-order valence-corrected chi connectivity index (χ3v) is 8.29. The maximum atomic E-state index is 15.7. The maximum absolute atomic E-state index is 15.7. The number of imidazole rings is 1. The van der Waals surface area contributed by atoms with Gasteiger partial charge in [-0.25, -0.2) is 22.9 Å². The van der Waals surface area contributed by atoms with Gasteiger partial charge in [0, 0.05) is 51.0 Å². The van der Waals surface area contributed by atoms with Gasteiger partial charge in [-0.2, -0.15) is 0 Å². The van der Waals surface area contributed by atoms with Gasteiger partial charge in [0.1, 0.15) is 35.8 Å². The average Bonchev–Trinajstić information content (AvgIpc) is 3.56. The molecule has 0 saturated carbocycles. The van der Waals surface area contributed by atoms with Crippen molar-refractivity contribution >= 4 is 12.0 Å². The van der Waals surface area contributed by atoms with Crippen molar-refractivity contribution in [2.75, 3.05) is 40.0 Å². The SMILES string of the molecule is COCC(=O)N(C[C@@H]1CN(C(=O)OC(C)(C)C)C[C@@H]1F)[C@@H](c1nc(-c2cc(F)ccc2F)cn1Cc1ccccc1)C(C)(C)CCO. The number of aromatic nitrogens is 2. The van der Waals surface area contributed by atoms with Crippen molar-refractivity contribution in [1.29, 1.82) is 0 Å². The minimum atomic E-state index is -1.46. The summed E-state index contributed by atoms with van der Waals surface area (Å²) in [4.78, 5) is 34.4. The van der Waals surface area contributed by atoms with Crippen LogP contribution in [-0.4, -0.2) is 88.2 Å². The second kappa shape index (κ2) is 14.9. The van der Waals surface area contributed by atoms with Crippen molar-refractivity contribution in [2.45, 2.75) is 65.4 Å². The summed E-state index contributed by atoms with van der Waals surface area (Å²) in [5.74, 6) is -2.20. The van der Waals surface area contributed by atoms with Gasteiger partial charge >= 0.3 is 6.09 Å². The first-order valence-electron chi connectivity index (χ1n) is 15.7. The van der Waals surface area contributed by atoms with E-state index in [1.165, 1.54) is 16.9 Å². The second-order valence-corrected chi connectivity index (χ2v) is 13.7. The highest BCUT2D eigenvalue weighted by Gasteiger charge is 2.45. The number of methoxy groups -OCH3 is 1. The van der Waals surface area contributed by atoms with Crippen LogP contribution in [0.4, 0.5) is 18.0 Å². The Morgan fingerprint density at radius 3 is 2.43 bits per heavy atom. The Balaban J connectivity index is 1.84. The first-order valence-corrected chi connectivity index (χ1v) is 15.7. The van der Waals surface area contributed by atoms with Gasteiger partial charge in [0.2, 0.25) is 5.91 Å². The average molecular weight is 659 g/mol. The number of hydrogen-bond donors (Lipinski definition) is 1. The van der Waals surface area contributed by atoms with Crippen molar-refractivity contribution in [3.63, 3.8) is 0 Å². The van der Waals surface area contributed by atoms with Crippen LogP contribution in [0.15, 0.2) is 54.7 Å². The molecule has 0 unspecified atom stereocenters. The van der Waals surface area contributed by atoms with Crippen LogP contribution in [0.25, 0.3) is 11.3 Å². The van der Waals surface area contributed by atoms with Gasteiger partial charge in [-0.1, -0.05) is 44.2 Å². The number of nitrogens with zero attached hydrogens (tertiary/aromatic N) is 4. The minimum absolute atomic E-state index is 0.0121. The Morgan fingerprint density at radius 1 is 1.09 bits per heavy atom. The lowest BCUT2D eigenvalue weighted by Gasteiger charge is -2.43. The molecule has 0 radical (unpaired) electrons. The number of likely N-dealkylation sites (tertiary alicyclic amines) is 1. The third-order valence-electron chi connectivity index (χ3n) is 8.29. The van der Waals surface area contributed by atoms with Crippen molar-refractivity contribution in [1.82, 2.24) is 19.4 Å². The zero-order valence-electron chi connectivity index (χ0n) is 27.9. The molecule has 0 aliphatic carbocycles. The van der Waals surface area contributed by atoms with E-state index in [9.17, 15) is 19.1 Å². The quantitative estimate of drug-likeness (QED) is 0.256. The molecule has 4 rings (SSSR count). The number of hydrogen-bond acceptors (Lipinski definition) is 6. The summed E-state index contributed by atoms with van der Waals surface area (Å²) in [6.45, 7) is 8.35. The summed E-state index contributed by atoms with van der Waals surface area (Å²) in [5, 5.41) is 10.1.